The zero-order valence-corrected chi connectivity index (χ0v) is 11.4. The Labute approximate surface area is 119 Å². The Morgan fingerprint density at radius 3 is 2.62 bits per heavy atom. The fourth-order valence-electron chi connectivity index (χ4n) is 2.15. The maximum Gasteiger partial charge on any atom is 0.416 e. The number of hydrogen-bond acceptors (Lipinski definition) is 2. The molecule has 2 aromatic rings. The molecule has 1 aromatic heterocycles. The first-order valence-electron chi connectivity index (χ1n) is 6.44. The summed E-state index contributed by atoms with van der Waals surface area (Å²) in [6.45, 7) is 2.55. The van der Waals surface area contributed by atoms with Crippen molar-refractivity contribution in [2.24, 2.45) is 5.73 Å². The van der Waals surface area contributed by atoms with Crippen molar-refractivity contribution in [3.8, 4) is 0 Å². The Hall–Kier alpha value is -1.89. The molecule has 2 N–H and O–H groups in total. The van der Waals surface area contributed by atoms with Crippen LogP contribution in [0.1, 0.15) is 29.7 Å². The zero-order chi connectivity index (χ0) is 15.6. The van der Waals surface area contributed by atoms with E-state index in [0.29, 0.717) is 12.1 Å². The van der Waals surface area contributed by atoms with E-state index in [1.165, 1.54) is 0 Å². The molecule has 0 fully saturated rings. The Kier molecular flexibility index (Phi) is 4.32. The maximum absolute atomic E-state index is 13.3. The van der Waals surface area contributed by atoms with E-state index in [4.69, 9.17) is 5.73 Å². The van der Waals surface area contributed by atoms with Crippen molar-refractivity contribution >= 4 is 0 Å². The molecule has 0 radical (unpaired) electrons. The molecule has 0 bridgehead atoms. The fraction of sp³-hybridized carbons (Fsp3) is 0.357. The first-order chi connectivity index (χ1) is 9.81. The van der Waals surface area contributed by atoms with Crippen molar-refractivity contribution in [3.05, 3.63) is 53.1 Å². The largest absolute Gasteiger partial charge is 0.416 e. The van der Waals surface area contributed by atoms with Crippen LogP contribution < -0.4 is 5.73 Å². The smallest absolute Gasteiger partial charge is 0.324 e. The molecular formula is C14H15F4N3. The van der Waals surface area contributed by atoms with E-state index in [2.05, 4.69) is 5.10 Å². The standard InChI is InChI=1S/C14H15F4N3/c1-2-21-8-9(7-20-21)5-13(19)11-6-10(15)3-4-12(11)14(16,17)18/h3-4,6-8,13H,2,5,19H2,1H3. The molecule has 3 nitrogen and oxygen atoms in total. The molecule has 0 saturated carbocycles. The van der Waals surface area contributed by atoms with Crippen molar-refractivity contribution in [2.75, 3.05) is 0 Å². The molecule has 0 saturated heterocycles. The highest BCUT2D eigenvalue weighted by Gasteiger charge is 2.34. The average molecular weight is 301 g/mol. The zero-order valence-electron chi connectivity index (χ0n) is 11.4. The van der Waals surface area contributed by atoms with Gasteiger partial charge < -0.3 is 5.73 Å². The summed E-state index contributed by atoms with van der Waals surface area (Å²) in [7, 11) is 0. The van der Waals surface area contributed by atoms with Gasteiger partial charge in [-0.15, -0.1) is 0 Å². The third-order valence-corrected chi connectivity index (χ3v) is 3.18. The van der Waals surface area contributed by atoms with Crippen LogP contribution in [0.2, 0.25) is 0 Å². The van der Waals surface area contributed by atoms with Crippen LogP contribution in [0.3, 0.4) is 0 Å². The number of hydrogen-bond donors (Lipinski definition) is 1. The van der Waals surface area contributed by atoms with Gasteiger partial charge in [0.15, 0.2) is 0 Å². The van der Waals surface area contributed by atoms with Crippen LogP contribution >= 0.6 is 0 Å². The topological polar surface area (TPSA) is 43.8 Å². The molecule has 0 aliphatic heterocycles. The van der Waals surface area contributed by atoms with Crippen LogP contribution in [-0.2, 0) is 19.1 Å². The first kappa shape index (κ1) is 15.5. The van der Waals surface area contributed by atoms with E-state index < -0.39 is 23.6 Å². The van der Waals surface area contributed by atoms with Gasteiger partial charge in [0.25, 0.3) is 0 Å². The summed E-state index contributed by atoms with van der Waals surface area (Å²) in [5.41, 5.74) is 5.40. The Bertz CT molecular complexity index is 619. The predicted molar refractivity (Wildman–Crippen MR) is 69.9 cm³/mol. The van der Waals surface area contributed by atoms with E-state index in [0.717, 1.165) is 18.2 Å². The molecule has 0 amide bonds. The van der Waals surface area contributed by atoms with Gasteiger partial charge >= 0.3 is 6.18 Å². The summed E-state index contributed by atoms with van der Waals surface area (Å²) in [4.78, 5) is 0. The molecule has 7 heteroatoms. The second kappa shape index (κ2) is 5.85. The number of aromatic nitrogens is 2. The molecule has 1 unspecified atom stereocenters. The van der Waals surface area contributed by atoms with Crippen LogP contribution in [0.5, 0.6) is 0 Å². The Morgan fingerprint density at radius 1 is 1.33 bits per heavy atom. The summed E-state index contributed by atoms with van der Waals surface area (Å²) in [5, 5.41) is 4.03. The van der Waals surface area contributed by atoms with Crippen molar-refractivity contribution in [1.29, 1.82) is 0 Å². The second-order valence-electron chi connectivity index (χ2n) is 4.74. The lowest BCUT2D eigenvalue weighted by Crippen LogP contribution is -2.19. The third kappa shape index (κ3) is 3.60. The predicted octanol–water partition coefficient (Wildman–Crippen LogP) is 3.30. The quantitative estimate of drug-likeness (QED) is 0.881. The van der Waals surface area contributed by atoms with Crippen LogP contribution in [0, 0.1) is 5.82 Å². The minimum absolute atomic E-state index is 0.159. The fourth-order valence-corrected chi connectivity index (χ4v) is 2.15. The summed E-state index contributed by atoms with van der Waals surface area (Å²) in [5.74, 6) is -0.738. The van der Waals surface area contributed by atoms with Gasteiger partial charge in [0.05, 0.1) is 11.8 Å². The van der Waals surface area contributed by atoms with Gasteiger partial charge in [-0.05, 0) is 42.7 Å². The number of aryl methyl sites for hydroxylation is 1. The summed E-state index contributed by atoms with van der Waals surface area (Å²) < 4.78 is 53.7. The van der Waals surface area contributed by atoms with Gasteiger partial charge in [0.2, 0.25) is 0 Å². The van der Waals surface area contributed by atoms with Gasteiger partial charge in [-0.25, -0.2) is 4.39 Å². The molecule has 21 heavy (non-hydrogen) atoms. The Morgan fingerprint density at radius 2 is 2.05 bits per heavy atom. The summed E-state index contributed by atoms with van der Waals surface area (Å²) in [6.07, 6.45) is -1.14. The highest BCUT2D eigenvalue weighted by atomic mass is 19.4. The van der Waals surface area contributed by atoms with Crippen LogP contribution in [0.4, 0.5) is 17.6 Å². The normalized spacial score (nSPS) is 13.4. The minimum atomic E-state index is -4.56. The van der Waals surface area contributed by atoms with Crippen molar-refractivity contribution in [2.45, 2.75) is 32.1 Å². The van der Waals surface area contributed by atoms with E-state index >= 15 is 0 Å². The van der Waals surface area contributed by atoms with Gasteiger partial charge in [0.1, 0.15) is 5.82 Å². The summed E-state index contributed by atoms with van der Waals surface area (Å²) >= 11 is 0. The number of alkyl halides is 3. The molecule has 0 aliphatic carbocycles. The highest BCUT2D eigenvalue weighted by Crippen LogP contribution is 2.35. The number of rotatable bonds is 4. The summed E-state index contributed by atoms with van der Waals surface area (Å²) in [6, 6.07) is 1.40. The number of halogens is 4. The molecule has 0 spiro atoms. The van der Waals surface area contributed by atoms with Gasteiger partial charge in [0, 0.05) is 18.8 Å². The molecule has 1 atom stereocenters. The number of nitrogens with zero attached hydrogens (tertiary/aromatic N) is 2. The monoisotopic (exact) mass is 301 g/mol. The highest BCUT2D eigenvalue weighted by molar-refractivity contribution is 5.33. The van der Waals surface area contributed by atoms with Crippen molar-refractivity contribution < 1.29 is 17.6 Å². The molecular weight excluding hydrogens is 286 g/mol. The molecule has 1 heterocycles. The van der Waals surface area contributed by atoms with E-state index in [-0.39, 0.29) is 12.0 Å². The molecule has 2 rings (SSSR count). The third-order valence-electron chi connectivity index (χ3n) is 3.18. The first-order valence-corrected chi connectivity index (χ1v) is 6.44. The average Bonchev–Trinajstić information content (AvgIpc) is 2.84. The number of nitrogens with two attached hydrogens (primary N) is 1. The molecule has 0 aliphatic rings. The SMILES string of the molecule is CCn1cc(CC(N)c2cc(F)ccc2C(F)(F)F)cn1. The Balaban J connectivity index is 2.29. The van der Waals surface area contributed by atoms with Gasteiger partial charge in [-0.2, -0.15) is 18.3 Å². The van der Waals surface area contributed by atoms with Crippen molar-refractivity contribution in [3.63, 3.8) is 0 Å². The maximum atomic E-state index is 13.3. The lowest BCUT2D eigenvalue weighted by atomic mass is 9.96. The van der Waals surface area contributed by atoms with E-state index in [1.807, 2.05) is 6.92 Å². The minimum Gasteiger partial charge on any atom is -0.324 e. The van der Waals surface area contributed by atoms with Crippen LogP contribution in [0.15, 0.2) is 30.6 Å². The van der Waals surface area contributed by atoms with Crippen LogP contribution in [0.25, 0.3) is 0 Å². The van der Waals surface area contributed by atoms with E-state index in [9.17, 15) is 17.6 Å². The molecule has 1 aromatic carbocycles. The lowest BCUT2D eigenvalue weighted by Gasteiger charge is -2.18. The van der Waals surface area contributed by atoms with Gasteiger partial charge in [-0.1, -0.05) is 0 Å². The van der Waals surface area contributed by atoms with E-state index in [1.54, 1.807) is 17.1 Å². The van der Waals surface area contributed by atoms with Crippen LogP contribution in [-0.4, -0.2) is 9.78 Å². The van der Waals surface area contributed by atoms with Crippen molar-refractivity contribution in [1.82, 2.24) is 9.78 Å². The lowest BCUT2D eigenvalue weighted by molar-refractivity contribution is -0.138. The molecule has 114 valence electrons. The van der Waals surface area contributed by atoms with Gasteiger partial charge in [-0.3, -0.25) is 4.68 Å². The second-order valence-corrected chi connectivity index (χ2v) is 4.74. The number of benzene rings is 1.